The van der Waals surface area contributed by atoms with Gasteiger partial charge >= 0.3 is 0 Å². The van der Waals surface area contributed by atoms with E-state index in [1.165, 1.54) is 11.8 Å². The molecule has 2 aromatic carbocycles. The quantitative estimate of drug-likeness (QED) is 0.586. The summed E-state index contributed by atoms with van der Waals surface area (Å²) in [7, 11) is 1.58. The number of hydrogen-bond donors (Lipinski definition) is 2. The number of benzene rings is 2. The Hall–Kier alpha value is -2.71. The molecule has 2 N–H and O–H groups in total. The van der Waals surface area contributed by atoms with Gasteiger partial charge in [0, 0.05) is 12.1 Å². The zero-order chi connectivity index (χ0) is 22.1. The van der Waals surface area contributed by atoms with Crippen LogP contribution in [0.1, 0.15) is 35.5 Å². The van der Waals surface area contributed by atoms with E-state index in [1.54, 1.807) is 7.11 Å². The number of aryl methyl sites for hydroxylation is 3. The lowest BCUT2D eigenvalue weighted by molar-refractivity contribution is -0.116. The van der Waals surface area contributed by atoms with Crippen LogP contribution in [-0.2, 0) is 11.2 Å². The maximum Gasteiger partial charge on any atom is 0.240 e. The molecule has 0 radical (unpaired) electrons. The molecule has 3 aromatic rings. The SMILES string of the molecule is CCc1nnc2n1N[C@@H](c1ccc(OC)c(Cl)c1)[C@H](C(=O)Nc1ccc(C)cc1C)S2. The highest BCUT2D eigenvalue weighted by atomic mass is 35.5. The number of amides is 1. The largest absolute Gasteiger partial charge is 0.495 e. The Kier molecular flexibility index (Phi) is 6.11. The van der Waals surface area contributed by atoms with E-state index in [0.717, 1.165) is 34.6 Å². The molecule has 4 rings (SSSR count). The highest BCUT2D eigenvalue weighted by Crippen LogP contribution is 2.39. The summed E-state index contributed by atoms with van der Waals surface area (Å²) in [5, 5.41) is 12.3. The molecule has 1 aliphatic rings. The molecular weight excluding hydrogens is 434 g/mol. The Bertz CT molecular complexity index is 1130. The van der Waals surface area contributed by atoms with Crippen LogP contribution in [0.3, 0.4) is 0 Å². The van der Waals surface area contributed by atoms with Crippen molar-refractivity contribution in [3.63, 3.8) is 0 Å². The average molecular weight is 458 g/mol. The predicted molar refractivity (Wildman–Crippen MR) is 124 cm³/mol. The van der Waals surface area contributed by atoms with Gasteiger partial charge in [0.05, 0.1) is 18.2 Å². The van der Waals surface area contributed by atoms with Crippen molar-refractivity contribution in [2.45, 2.75) is 43.6 Å². The number of thioether (sulfide) groups is 1. The second-order valence-corrected chi connectivity index (χ2v) is 8.95. The molecule has 1 aliphatic heterocycles. The minimum Gasteiger partial charge on any atom is -0.495 e. The number of carbonyl (C=O) groups is 1. The molecule has 0 saturated carbocycles. The third-order valence-corrected chi connectivity index (χ3v) is 6.76. The Balaban J connectivity index is 1.70. The number of fused-ring (bicyclic) bond motifs is 1. The molecule has 0 unspecified atom stereocenters. The van der Waals surface area contributed by atoms with Crippen molar-refractivity contribution in [3.05, 3.63) is 63.9 Å². The first-order chi connectivity index (χ1) is 14.9. The maximum atomic E-state index is 13.4. The van der Waals surface area contributed by atoms with Gasteiger partial charge in [-0.15, -0.1) is 10.2 Å². The number of nitrogens with zero attached hydrogens (tertiary/aromatic N) is 3. The fourth-order valence-corrected chi connectivity index (χ4v) is 4.98. The van der Waals surface area contributed by atoms with Gasteiger partial charge in [0.25, 0.3) is 0 Å². The molecule has 9 heteroatoms. The molecule has 31 heavy (non-hydrogen) atoms. The zero-order valence-corrected chi connectivity index (χ0v) is 19.3. The van der Waals surface area contributed by atoms with E-state index < -0.39 is 5.25 Å². The second-order valence-electron chi connectivity index (χ2n) is 7.43. The number of anilines is 1. The summed E-state index contributed by atoms with van der Waals surface area (Å²) in [5.41, 5.74) is 7.26. The van der Waals surface area contributed by atoms with Crippen molar-refractivity contribution in [2.75, 3.05) is 17.9 Å². The van der Waals surface area contributed by atoms with Crippen LogP contribution in [0, 0.1) is 13.8 Å². The van der Waals surface area contributed by atoms with E-state index in [-0.39, 0.29) is 11.9 Å². The summed E-state index contributed by atoms with van der Waals surface area (Å²) >= 11 is 7.78. The molecular formula is C22H24ClN5O2S. The molecule has 0 bridgehead atoms. The van der Waals surface area contributed by atoms with Crippen molar-refractivity contribution < 1.29 is 9.53 Å². The van der Waals surface area contributed by atoms with E-state index in [4.69, 9.17) is 16.3 Å². The van der Waals surface area contributed by atoms with Gasteiger partial charge in [-0.25, -0.2) is 4.68 Å². The van der Waals surface area contributed by atoms with E-state index >= 15 is 0 Å². The summed E-state index contributed by atoms with van der Waals surface area (Å²) in [6.45, 7) is 6.03. The Morgan fingerprint density at radius 2 is 2.06 bits per heavy atom. The fraction of sp³-hybridized carbons (Fsp3) is 0.318. The van der Waals surface area contributed by atoms with Gasteiger partial charge in [0.1, 0.15) is 11.0 Å². The number of halogens is 1. The van der Waals surface area contributed by atoms with Gasteiger partial charge in [0.2, 0.25) is 11.1 Å². The van der Waals surface area contributed by atoms with Gasteiger partial charge in [-0.1, -0.05) is 54.0 Å². The number of carbonyl (C=O) groups excluding carboxylic acids is 1. The summed E-state index contributed by atoms with van der Waals surface area (Å²) in [6, 6.07) is 11.2. The van der Waals surface area contributed by atoms with Crippen LogP contribution in [0.4, 0.5) is 5.69 Å². The van der Waals surface area contributed by atoms with Crippen LogP contribution in [0.5, 0.6) is 5.75 Å². The monoisotopic (exact) mass is 457 g/mol. The lowest BCUT2D eigenvalue weighted by atomic mass is 10.0. The molecule has 1 aromatic heterocycles. The first-order valence-electron chi connectivity index (χ1n) is 10.00. The van der Waals surface area contributed by atoms with Gasteiger partial charge < -0.3 is 15.5 Å². The number of aromatic nitrogens is 3. The van der Waals surface area contributed by atoms with Crippen LogP contribution in [-0.4, -0.2) is 33.1 Å². The van der Waals surface area contributed by atoms with Crippen molar-refractivity contribution in [1.82, 2.24) is 14.9 Å². The van der Waals surface area contributed by atoms with Crippen LogP contribution in [0.2, 0.25) is 5.02 Å². The van der Waals surface area contributed by atoms with Gasteiger partial charge in [-0.2, -0.15) is 0 Å². The van der Waals surface area contributed by atoms with E-state index in [2.05, 4.69) is 20.9 Å². The third kappa shape index (κ3) is 4.22. The number of methoxy groups -OCH3 is 1. The molecule has 0 aliphatic carbocycles. The molecule has 2 heterocycles. The molecule has 2 atom stereocenters. The van der Waals surface area contributed by atoms with Crippen molar-refractivity contribution in [3.8, 4) is 5.75 Å². The molecule has 162 valence electrons. The third-order valence-electron chi connectivity index (χ3n) is 5.25. The molecule has 0 saturated heterocycles. The second kappa shape index (κ2) is 8.80. The number of ether oxygens (including phenoxy) is 1. The first kappa shape index (κ1) is 21.5. The molecule has 0 spiro atoms. The topological polar surface area (TPSA) is 81.1 Å². The minimum absolute atomic E-state index is 0.117. The van der Waals surface area contributed by atoms with E-state index in [9.17, 15) is 4.79 Å². The van der Waals surface area contributed by atoms with E-state index in [0.29, 0.717) is 15.9 Å². The van der Waals surface area contributed by atoms with Crippen LogP contribution < -0.4 is 15.5 Å². The first-order valence-corrected chi connectivity index (χ1v) is 11.3. The van der Waals surface area contributed by atoms with Crippen LogP contribution in [0.15, 0.2) is 41.6 Å². The maximum absolute atomic E-state index is 13.4. The average Bonchev–Trinajstić information content (AvgIpc) is 3.16. The van der Waals surface area contributed by atoms with Crippen molar-refractivity contribution >= 4 is 35.0 Å². The van der Waals surface area contributed by atoms with Gasteiger partial charge in [-0.3, -0.25) is 4.79 Å². The Morgan fingerprint density at radius 1 is 1.26 bits per heavy atom. The smallest absolute Gasteiger partial charge is 0.240 e. The molecule has 1 amide bonds. The highest BCUT2D eigenvalue weighted by molar-refractivity contribution is 8.00. The Labute approximate surface area is 190 Å². The standard InChI is InChI=1S/C22H24ClN5O2S/c1-5-18-25-26-22-28(18)27-19(14-7-9-17(30-4)15(23)11-14)20(31-22)21(29)24-16-8-6-12(2)10-13(16)3/h6-11,19-20,27H,5H2,1-4H3,(H,24,29)/t19-,20+/m0/s1. The van der Waals surface area contributed by atoms with Crippen molar-refractivity contribution in [2.24, 2.45) is 0 Å². The van der Waals surface area contributed by atoms with Gasteiger partial charge in [-0.05, 0) is 43.2 Å². The van der Waals surface area contributed by atoms with Crippen LogP contribution >= 0.6 is 23.4 Å². The lowest BCUT2D eigenvalue weighted by Gasteiger charge is -2.33. The Morgan fingerprint density at radius 3 is 2.74 bits per heavy atom. The van der Waals surface area contributed by atoms with E-state index in [1.807, 2.05) is 61.8 Å². The van der Waals surface area contributed by atoms with Crippen molar-refractivity contribution in [1.29, 1.82) is 0 Å². The number of nitrogens with one attached hydrogen (secondary N) is 2. The zero-order valence-electron chi connectivity index (χ0n) is 17.8. The van der Waals surface area contributed by atoms with Gasteiger partial charge in [0.15, 0.2) is 5.82 Å². The lowest BCUT2D eigenvalue weighted by Crippen LogP contribution is -2.41. The molecule has 0 fully saturated rings. The summed E-state index contributed by atoms with van der Waals surface area (Å²) in [6.07, 6.45) is 0.718. The minimum atomic E-state index is -0.480. The van der Waals surface area contributed by atoms with Crippen LogP contribution in [0.25, 0.3) is 0 Å². The molecule has 7 nitrogen and oxygen atoms in total. The normalized spacial score (nSPS) is 17.6. The fourth-order valence-electron chi connectivity index (χ4n) is 3.61. The summed E-state index contributed by atoms with van der Waals surface area (Å²) in [4.78, 5) is 13.4. The number of rotatable bonds is 5. The summed E-state index contributed by atoms with van der Waals surface area (Å²) < 4.78 is 7.14. The summed E-state index contributed by atoms with van der Waals surface area (Å²) in [5.74, 6) is 1.28. The number of hydrogen-bond acceptors (Lipinski definition) is 6. The predicted octanol–water partition coefficient (Wildman–Crippen LogP) is 4.52. The highest BCUT2D eigenvalue weighted by Gasteiger charge is 2.38.